The van der Waals surface area contributed by atoms with Gasteiger partial charge in [-0.25, -0.2) is 9.97 Å². The van der Waals surface area contributed by atoms with E-state index in [9.17, 15) is 9.59 Å². The minimum Gasteiger partial charge on any atom is -0.338 e. The number of likely N-dealkylation sites (tertiary alicyclic amines) is 1. The average Bonchev–Trinajstić information content (AvgIpc) is 3.19. The molecular formula is C17H17N5O2. The average molecular weight is 323 g/mol. The van der Waals surface area contributed by atoms with Crippen LogP contribution in [0.4, 0.5) is 5.69 Å². The molecule has 0 aromatic carbocycles. The molecule has 0 saturated carbocycles. The molecule has 0 radical (unpaired) electrons. The Morgan fingerprint density at radius 3 is 2.71 bits per heavy atom. The number of hydrogen-bond donors (Lipinski definition) is 0. The lowest BCUT2D eigenvalue weighted by Gasteiger charge is -2.24. The van der Waals surface area contributed by atoms with Crippen molar-refractivity contribution in [3.05, 3.63) is 48.8 Å². The molecule has 2 aromatic heterocycles. The van der Waals surface area contributed by atoms with E-state index in [1.807, 2.05) is 4.90 Å². The molecule has 0 bridgehead atoms. The van der Waals surface area contributed by atoms with Crippen molar-refractivity contribution in [1.82, 2.24) is 19.9 Å². The number of rotatable bonds is 2. The minimum absolute atomic E-state index is 0.0195. The highest BCUT2D eigenvalue weighted by molar-refractivity contribution is 5.97. The van der Waals surface area contributed by atoms with Crippen LogP contribution in [0.25, 0.3) is 0 Å². The van der Waals surface area contributed by atoms with Gasteiger partial charge in [0, 0.05) is 43.9 Å². The number of carbonyl (C=O) groups is 2. The van der Waals surface area contributed by atoms with Gasteiger partial charge in [-0.3, -0.25) is 14.6 Å². The second-order valence-corrected chi connectivity index (χ2v) is 6.47. The number of carbonyl (C=O) groups excluding carboxylic acids is 2. The van der Waals surface area contributed by atoms with Gasteiger partial charge in [0.25, 0.3) is 5.91 Å². The van der Waals surface area contributed by atoms with Crippen molar-refractivity contribution in [1.29, 1.82) is 0 Å². The first-order valence-corrected chi connectivity index (χ1v) is 7.92. The summed E-state index contributed by atoms with van der Waals surface area (Å²) in [6.07, 6.45) is 9.27. The first-order valence-electron chi connectivity index (χ1n) is 7.92. The van der Waals surface area contributed by atoms with Crippen molar-refractivity contribution in [3.8, 4) is 0 Å². The van der Waals surface area contributed by atoms with Gasteiger partial charge in [-0.1, -0.05) is 0 Å². The summed E-state index contributed by atoms with van der Waals surface area (Å²) in [6, 6.07) is 3.53. The Morgan fingerprint density at radius 1 is 1.12 bits per heavy atom. The van der Waals surface area contributed by atoms with E-state index < -0.39 is 0 Å². The molecule has 1 atom stereocenters. The maximum Gasteiger partial charge on any atom is 0.255 e. The number of aromatic nitrogens is 3. The first kappa shape index (κ1) is 14.7. The Bertz CT molecular complexity index is 767. The zero-order chi connectivity index (χ0) is 16.6. The predicted molar refractivity (Wildman–Crippen MR) is 86.2 cm³/mol. The maximum atomic E-state index is 12.6. The second-order valence-electron chi connectivity index (χ2n) is 6.47. The molecule has 7 heteroatoms. The first-order chi connectivity index (χ1) is 11.7. The highest BCUT2D eigenvalue weighted by Gasteiger charge is 2.49. The Balaban J connectivity index is 1.50. The molecule has 0 unspecified atom stereocenters. The summed E-state index contributed by atoms with van der Waals surface area (Å²) in [4.78, 5) is 40.6. The largest absolute Gasteiger partial charge is 0.338 e. The van der Waals surface area contributed by atoms with E-state index in [4.69, 9.17) is 0 Å². The zero-order valence-electron chi connectivity index (χ0n) is 13.1. The van der Waals surface area contributed by atoms with Crippen LogP contribution in [0.3, 0.4) is 0 Å². The quantitative estimate of drug-likeness (QED) is 0.828. The topological polar surface area (TPSA) is 79.3 Å². The minimum atomic E-state index is -0.176. The summed E-state index contributed by atoms with van der Waals surface area (Å²) in [6.45, 7) is 1.87. The third-order valence-electron chi connectivity index (χ3n) is 4.81. The number of nitrogens with zero attached hydrogens (tertiary/aromatic N) is 5. The van der Waals surface area contributed by atoms with Gasteiger partial charge in [0.05, 0.1) is 23.6 Å². The summed E-state index contributed by atoms with van der Waals surface area (Å²) in [5.74, 6) is 0.0504. The third kappa shape index (κ3) is 2.51. The number of hydrogen-bond acceptors (Lipinski definition) is 5. The SMILES string of the molecule is O=C(c1cccnc1)N1CC[C@@]2(CC(=O)N(c3cncnc3)C2)C1. The van der Waals surface area contributed by atoms with Crippen LogP contribution in [-0.4, -0.2) is 51.3 Å². The normalized spacial score (nSPS) is 23.2. The molecule has 2 aliphatic heterocycles. The summed E-state index contributed by atoms with van der Waals surface area (Å²) in [5.41, 5.74) is 1.13. The maximum absolute atomic E-state index is 12.6. The van der Waals surface area contributed by atoms with Gasteiger partial charge in [-0.2, -0.15) is 0 Å². The lowest BCUT2D eigenvalue weighted by molar-refractivity contribution is -0.117. The van der Waals surface area contributed by atoms with Crippen LogP contribution in [-0.2, 0) is 4.79 Å². The van der Waals surface area contributed by atoms with Gasteiger partial charge in [0.1, 0.15) is 6.33 Å². The Labute approximate surface area is 139 Å². The van der Waals surface area contributed by atoms with E-state index in [1.165, 1.54) is 6.33 Å². The van der Waals surface area contributed by atoms with Crippen LogP contribution in [0.2, 0.25) is 0 Å². The van der Waals surface area contributed by atoms with Crippen LogP contribution in [0.15, 0.2) is 43.2 Å². The van der Waals surface area contributed by atoms with Crippen molar-refractivity contribution in [3.63, 3.8) is 0 Å². The third-order valence-corrected chi connectivity index (χ3v) is 4.81. The molecule has 2 amide bonds. The fourth-order valence-corrected chi connectivity index (χ4v) is 3.62. The van der Waals surface area contributed by atoms with Crippen molar-refractivity contribution < 1.29 is 9.59 Å². The van der Waals surface area contributed by atoms with Gasteiger partial charge in [-0.15, -0.1) is 0 Å². The van der Waals surface area contributed by atoms with E-state index >= 15 is 0 Å². The molecule has 4 rings (SSSR count). The van der Waals surface area contributed by atoms with Crippen LogP contribution >= 0.6 is 0 Å². The lowest BCUT2D eigenvalue weighted by Crippen LogP contribution is -2.34. The van der Waals surface area contributed by atoms with E-state index in [2.05, 4.69) is 15.0 Å². The zero-order valence-corrected chi connectivity index (χ0v) is 13.1. The summed E-state index contributed by atoms with van der Waals surface area (Å²) >= 11 is 0. The van der Waals surface area contributed by atoms with Gasteiger partial charge >= 0.3 is 0 Å². The van der Waals surface area contributed by atoms with Crippen LogP contribution in [0.5, 0.6) is 0 Å². The van der Waals surface area contributed by atoms with Crippen molar-refractivity contribution >= 4 is 17.5 Å². The van der Waals surface area contributed by atoms with Crippen LogP contribution in [0, 0.1) is 5.41 Å². The molecule has 4 heterocycles. The predicted octanol–water partition coefficient (Wildman–Crippen LogP) is 1.14. The smallest absolute Gasteiger partial charge is 0.255 e. The number of amides is 2. The van der Waals surface area contributed by atoms with Crippen LogP contribution < -0.4 is 4.90 Å². The van der Waals surface area contributed by atoms with Crippen LogP contribution in [0.1, 0.15) is 23.2 Å². The van der Waals surface area contributed by atoms with E-state index in [1.54, 1.807) is 41.8 Å². The molecule has 2 aromatic rings. The molecule has 24 heavy (non-hydrogen) atoms. The molecule has 7 nitrogen and oxygen atoms in total. The number of anilines is 1. The van der Waals surface area contributed by atoms with E-state index in [0.29, 0.717) is 31.6 Å². The monoisotopic (exact) mass is 323 g/mol. The Morgan fingerprint density at radius 2 is 1.96 bits per heavy atom. The van der Waals surface area contributed by atoms with Gasteiger partial charge < -0.3 is 9.80 Å². The lowest BCUT2D eigenvalue weighted by atomic mass is 9.86. The number of pyridine rings is 1. The molecule has 0 N–H and O–H groups in total. The van der Waals surface area contributed by atoms with Gasteiger partial charge in [0.15, 0.2) is 0 Å². The molecular weight excluding hydrogens is 306 g/mol. The fraction of sp³-hybridized carbons (Fsp3) is 0.353. The van der Waals surface area contributed by atoms with E-state index in [-0.39, 0.29) is 17.2 Å². The van der Waals surface area contributed by atoms with Crippen molar-refractivity contribution in [2.45, 2.75) is 12.8 Å². The Hall–Kier alpha value is -2.83. The summed E-state index contributed by atoms with van der Waals surface area (Å²) < 4.78 is 0. The molecule has 0 aliphatic carbocycles. The Kier molecular flexibility index (Phi) is 3.48. The highest BCUT2D eigenvalue weighted by atomic mass is 16.2. The van der Waals surface area contributed by atoms with Gasteiger partial charge in [-0.05, 0) is 18.6 Å². The second kappa shape index (κ2) is 5.67. The summed E-state index contributed by atoms with van der Waals surface area (Å²) in [7, 11) is 0. The van der Waals surface area contributed by atoms with Crippen molar-refractivity contribution in [2.75, 3.05) is 24.5 Å². The fourth-order valence-electron chi connectivity index (χ4n) is 3.62. The van der Waals surface area contributed by atoms with Gasteiger partial charge in [0.2, 0.25) is 5.91 Å². The molecule has 2 fully saturated rings. The molecule has 1 spiro atoms. The highest BCUT2D eigenvalue weighted by Crippen LogP contribution is 2.41. The summed E-state index contributed by atoms with van der Waals surface area (Å²) in [5, 5.41) is 0. The van der Waals surface area contributed by atoms with E-state index in [0.717, 1.165) is 12.1 Å². The molecule has 2 aliphatic rings. The van der Waals surface area contributed by atoms with Crippen molar-refractivity contribution in [2.24, 2.45) is 5.41 Å². The molecule has 122 valence electrons. The molecule has 2 saturated heterocycles. The standard InChI is InChI=1S/C17H17N5O2/c23-15-6-17(11-22(15)14-8-19-12-20-9-14)3-5-21(10-17)16(24)13-2-1-4-18-7-13/h1-2,4,7-9,12H,3,5-6,10-11H2/t17-/m1/s1.